The van der Waals surface area contributed by atoms with Crippen LogP contribution in [0.25, 0.3) is 0 Å². The summed E-state index contributed by atoms with van der Waals surface area (Å²) in [5, 5.41) is 2.90. The predicted molar refractivity (Wildman–Crippen MR) is 103 cm³/mol. The average Bonchev–Trinajstić information content (AvgIpc) is 2.98. The third-order valence-electron chi connectivity index (χ3n) is 4.75. The number of benzene rings is 2. The van der Waals surface area contributed by atoms with Crippen molar-refractivity contribution in [1.29, 1.82) is 0 Å². The van der Waals surface area contributed by atoms with E-state index in [2.05, 4.69) is 5.32 Å². The Balaban J connectivity index is 1.87. The first-order chi connectivity index (χ1) is 13.0. The Kier molecular flexibility index (Phi) is 5.35. The average molecular weight is 368 g/mol. The van der Waals surface area contributed by atoms with Crippen LogP contribution >= 0.6 is 0 Å². The van der Waals surface area contributed by atoms with Gasteiger partial charge in [0.1, 0.15) is 17.5 Å². The number of nitrogens with zero attached hydrogens (tertiary/aromatic N) is 1. The molecule has 1 heterocycles. The maximum atomic E-state index is 13.1. The minimum atomic E-state index is -0.596. The minimum absolute atomic E-state index is 0.0557. The molecule has 1 aliphatic rings. The van der Waals surface area contributed by atoms with Gasteiger partial charge in [0.05, 0.1) is 19.9 Å². The molecule has 1 atom stereocenters. The zero-order chi connectivity index (χ0) is 19.6. The molecule has 1 N–H and O–H groups in total. The van der Waals surface area contributed by atoms with Gasteiger partial charge in [0, 0.05) is 18.2 Å². The number of methoxy groups -OCH3 is 2. The van der Waals surface area contributed by atoms with Crippen LogP contribution in [0.3, 0.4) is 0 Å². The van der Waals surface area contributed by atoms with Crippen LogP contribution in [-0.2, 0) is 11.3 Å². The van der Waals surface area contributed by atoms with Crippen LogP contribution < -0.4 is 14.8 Å². The lowest BCUT2D eigenvalue weighted by molar-refractivity contribution is -0.122. The standard InChI is InChI=1S/C21H24N2O4/c1-13(2)19(23-12-14-7-5-6-8-16(14)21(23)25)20(24)22-17-11-15(26-3)9-10-18(17)27-4/h5-11,13,19H,12H2,1-4H3,(H,22,24)/t19-/m0/s1. The van der Waals surface area contributed by atoms with Gasteiger partial charge >= 0.3 is 0 Å². The van der Waals surface area contributed by atoms with Crippen molar-refractivity contribution in [3.05, 3.63) is 53.6 Å². The van der Waals surface area contributed by atoms with Crippen LogP contribution in [0.5, 0.6) is 11.5 Å². The molecule has 2 aromatic rings. The highest BCUT2D eigenvalue weighted by molar-refractivity contribution is 6.04. The Morgan fingerprint density at radius 2 is 1.85 bits per heavy atom. The van der Waals surface area contributed by atoms with E-state index >= 15 is 0 Å². The molecular weight excluding hydrogens is 344 g/mol. The second-order valence-corrected chi connectivity index (χ2v) is 6.83. The lowest BCUT2D eigenvalue weighted by Gasteiger charge is -2.30. The van der Waals surface area contributed by atoms with Crippen LogP contribution in [0.2, 0.25) is 0 Å². The highest BCUT2D eigenvalue weighted by Crippen LogP contribution is 2.31. The summed E-state index contributed by atoms with van der Waals surface area (Å²) in [6.07, 6.45) is 0. The number of carbonyl (C=O) groups excluding carboxylic acids is 2. The Hall–Kier alpha value is -3.02. The molecule has 0 unspecified atom stereocenters. The topological polar surface area (TPSA) is 67.9 Å². The van der Waals surface area contributed by atoms with E-state index in [-0.39, 0.29) is 17.7 Å². The molecule has 3 rings (SSSR count). The molecule has 6 nitrogen and oxygen atoms in total. The first kappa shape index (κ1) is 18.8. The summed E-state index contributed by atoms with van der Waals surface area (Å²) in [4.78, 5) is 27.6. The molecule has 142 valence electrons. The number of amides is 2. The zero-order valence-electron chi connectivity index (χ0n) is 16.0. The Bertz CT molecular complexity index is 863. The van der Waals surface area contributed by atoms with Gasteiger partial charge in [0.2, 0.25) is 5.91 Å². The van der Waals surface area contributed by atoms with E-state index < -0.39 is 6.04 Å². The van der Waals surface area contributed by atoms with Crippen molar-refractivity contribution in [3.8, 4) is 11.5 Å². The summed E-state index contributed by atoms with van der Waals surface area (Å²) in [5.41, 5.74) is 2.12. The quantitative estimate of drug-likeness (QED) is 0.849. The van der Waals surface area contributed by atoms with Gasteiger partial charge in [-0.15, -0.1) is 0 Å². The fraction of sp³-hybridized carbons (Fsp3) is 0.333. The van der Waals surface area contributed by atoms with E-state index in [0.717, 1.165) is 5.56 Å². The number of ether oxygens (including phenoxy) is 2. The SMILES string of the molecule is COc1ccc(OC)c(NC(=O)[C@H](C(C)C)N2Cc3ccccc3C2=O)c1. The van der Waals surface area contributed by atoms with Crippen molar-refractivity contribution in [2.24, 2.45) is 5.92 Å². The Morgan fingerprint density at radius 1 is 1.11 bits per heavy atom. The number of rotatable bonds is 6. The van der Waals surface area contributed by atoms with Crippen molar-refractivity contribution in [1.82, 2.24) is 4.90 Å². The fourth-order valence-corrected chi connectivity index (χ4v) is 3.42. The normalized spacial score (nSPS) is 14.1. The molecule has 2 aromatic carbocycles. The Morgan fingerprint density at radius 3 is 2.48 bits per heavy atom. The molecule has 2 amide bonds. The molecule has 0 aromatic heterocycles. The van der Waals surface area contributed by atoms with Crippen molar-refractivity contribution in [2.75, 3.05) is 19.5 Å². The molecule has 0 radical (unpaired) electrons. The second kappa shape index (κ2) is 7.70. The van der Waals surface area contributed by atoms with E-state index in [1.54, 1.807) is 36.3 Å². The van der Waals surface area contributed by atoms with Crippen molar-refractivity contribution in [2.45, 2.75) is 26.4 Å². The predicted octanol–water partition coefficient (Wildman–Crippen LogP) is 3.32. The third-order valence-corrected chi connectivity index (χ3v) is 4.75. The fourth-order valence-electron chi connectivity index (χ4n) is 3.42. The molecule has 6 heteroatoms. The number of nitrogens with one attached hydrogen (secondary N) is 1. The van der Waals surface area contributed by atoms with Crippen molar-refractivity contribution >= 4 is 17.5 Å². The third kappa shape index (κ3) is 3.60. The van der Waals surface area contributed by atoms with E-state index in [1.165, 1.54) is 7.11 Å². The maximum absolute atomic E-state index is 13.1. The van der Waals surface area contributed by atoms with E-state index in [9.17, 15) is 9.59 Å². The van der Waals surface area contributed by atoms with Gasteiger partial charge in [0.25, 0.3) is 5.91 Å². The first-order valence-electron chi connectivity index (χ1n) is 8.88. The van der Waals surface area contributed by atoms with Gasteiger partial charge in [-0.1, -0.05) is 32.0 Å². The summed E-state index contributed by atoms with van der Waals surface area (Å²) in [6, 6.07) is 12.1. The Labute approximate surface area is 159 Å². The second-order valence-electron chi connectivity index (χ2n) is 6.83. The molecule has 0 saturated carbocycles. The smallest absolute Gasteiger partial charge is 0.255 e. The molecule has 1 aliphatic heterocycles. The minimum Gasteiger partial charge on any atom is -0.497 e. The number of fused-ring (bicyclic) bond motifs is 1. The van der Waals surface area contributed by atoms with Gasteiger partial charge in [-0.25, -0.2) is 0 Å². The molecule has 27 heavy (non-hydrogen) atoms. The highest BCUT2D eigenvalue weighted by atomic mass is 16.5. The number of hydrogen-bond donors (Lipinski definition) is 1. The van der Waals surface area contributed by atoms with Crippen molar-refractivity contribution in [3.63, 3.8) is 0 Å². The summed E-state index contributed by atoms with van der Waals surface area (Å²) in [6.45, 7) is 4.30. The summed E-state index contributed by atoms with van der Waals surface area (Å²) in [5.74, 6) is 0.717. The monoisotopic (exact) mass is 368 g/mol. The van der Waals surface area contributed by atoms with Gasteiger partial charge < -0.3 is 19.7 Å². The highest BCUT2D eigenvalue weighted by Gasteiger charge is 2.38. The maximum Gasteiger partial charge on any atom is 0.255 e. The molecular formula is C21H24N2O4. The van der Waals surface area contributed by atoms with Crippen molar-refractivity contribution < 1.29 is 19.1 Å². The molecule has 0 aliphatic carbocycles. The van der Waals surface area contributed by atoms with Gasteiger partial charge in [-0.2, -0.15) is 0 Å². The van der Waals surface area contributed by atoms with Crippen LogP contribution in [0.4, 0.5) is 5.69 Å². The first-order valence-corrected chi connectivity index (χ1v) is 8.88. The molecule has 0 saturated heterocycles. The number of anilines is 1. The molecule has 0 spiro atoms. The van der Waals surface area contributed by atoms with Gasteiger partial charge in [-0.05, 0) is 29.7 Å². The lowest BCUT2D eigenvalue weighted by atomic mass is 10.0. The molecule has 0 bridgehead atoms. The van der Waals surface area contributed by atoms with E-state index in [0.29, 0.717) is 29.3 Å². The number of hydrogen-bond acceptors (Lipinski definition) is 4. The largest absolute Gasteiger partial charge is 0.497 e. The lowest BCUT2D eigenvalue weighted by Crippen LogP contribution is -2.47. The summed E-state index contributed by atoms with van der Waals surface area (Å²) >= 11 is 0. The van der Waals surface area contributed by atoms with Gasteiger partial charge in [-0.3, -0.25) is 9.59 Å². The number of carbonyl (C=O) groups is 2. The summed E-state index contributed by atoms with van der Waals surface area (Å²) < 4.78 is 10.6. The van der Waals surface area contributed by atoms with E-state index in [4.69, 9.17) is 9.47 Å². The van der Waals surface area contributed by atoms with Crippen LogP contribution in [-0.4, -0.2) is 37.0 Å². The van der Waals surface area contributed by atoms with Crippen LogP contribution in [0, 0.1) is 5.92 Å². The van der Waals surface area contributed by atoms with Gasteiger partial charge in [0.15, 0.2) is 0 Å². The summed E-state index contributed by atoms with van der Waals surface area (Å²) in [7, 11) is 3.10. The zero-order valence-corrected chi connectivity index (χ0v) is 16.0. The van der Waals surface area contributed by atoms with E-state index in [1.807, 2.05) is 32.0 Å². The molecule has 0 fully saturated rings. The van der Waals surface area contributed by atoms with Crippen LogP contribution in [0.15, 0.2) is 42.5 Å². The van der Waals surface area contributed by atoms with Crippen LogP contribution in [0.1, 0.15) is 29.8 Å².